The van der Waals surface area contributed by atoms with Crippen LogP contribution in [0.15, 0.2) is 73.2 Å². The normalized spacial score (nSPS) is 16.8. The Balaban J connectivity index is 1.27. The topological polar surface area (TPSA) is 90.1 Å². The van der Waals surface area contributed by atoms with Gasteiger partial charge in [-0.3, -0.25) is 9.88 Å². The number of nitriles is 1. The van der Waals surface area contributed by atoms with Crippen molar-refractivity contribution in [2.24, 2.45) is 0 Å². The van der Waals surface area contributed by atoms with E-state index in [0.29, 0.717) is 30.9 Å². The minimum absolute atomic E-state index is 0.0202. The number of hydrogen-bond donors (Lipinski definition) is 1. The summed E-state index contributed by atoms with van der Waals surface area (Å²) >= 11 is 0. The van der Waals surface area contributed by atoms with Crippen LogP contribution in [0.25, 0.3) is 11.6 Å². The Morgan fingerprint density at radius 1 is 1.05 bits per heavy atom. The second-order valence-electron chi connectivity index (χ2n) is 10.4. The molecule has 6 rings (SSSR count). The molecule has 2 aliphatic rings. The number of piperazine rings is 1. The zero-order valence-corrected chi connectivity index (χ0v) is 22.7. The number of hydrogen-bond acceptors (Lipinski definition) is 5. The molecular formula is C32H31N7O. The Bertz CT molecular complexity index is 1620. The molecule has 1 aliphatic carbocycles. The van der Waals surface area contributed by atoms with Crippen molar-refractivity contribution in [1.29, 1.82) is 5.26 Å². The van der Waals surface area contributed by atoms with Crippen molar-refractivity contribution >= 4 is 23.4 Å². The highest BCUT2D eigenvalue weighted by atomic mass is 16.2. The number of benzene rings is 2. The molecular weight excluding hydrogens is 498 g/mol. The predicted molar refractivity (Wildman–Crippen MR) is 155 cm³/mol. The van der Waals surface area contributed by atoms with E-state index >= 15 is 0 Å². The third-order valence-electron chi connectivity index (χ3n) is 7.78. The first-order valence-corrected chi connectivity index (χ1v) is 13.5. The first kappa shape index (κ1) is 25.5. The Morgan fingerprint density at radius 2 is 1.82 bits per heavy atom. The molecule has 2 aromatic carbocycles. The number of rotatable bonds is 4. The fourth-order valence-corrected chi connectivity index (χ4v) is 5.63. The summed E-state index contributed by atoms with van der Waals surface area (Å²) in [6, 6.07) is 19.7. The number of amides is 2. The molecule has 1 N–H and O–H groups in total. The average Bonchev–Trinajstić information content (AvgIpc) is 3.33. The van der Waals surface area contributed by atoms with Crippen LogP contribution in [0.4, 0.5) is 10.5 Å². The highest BCUT2D eigenvalue weighted by Crippen LogP contribution is 2.40. The molecule has 2 amide bonds. The third kappa shape index (κ3) is 4.99. The van der Waals surface area contributed by atoms with Gasteiger partial charge in [-0.2, -0.15) is 5.26 Å². The van der Waals surface area contributed by atoms with Crippen LogP contribution in [-0.2, 0) is 6.54 Å². The third-order valence-corrected chi connectivity index (χ3v) is 7.78. The SMILES string of the molecule is Cc1cnc2c(c1)C(Cn1ccnc1C)=Cc1ccccc1C2N1CCN(C(=O)Nc2ccc(C#N)cc2)CC1. The lowest BCUT2D eigenvalue weighted by molar-refractivity contribution is 0.125. The number of anilines is 1. The van der Waals surface area contributed by atoms with Gasteiger partial charge in [-0.15, -0.1) is 0 Å². The summed E-state index contributed by atoms with van der Waals surface area (Å²) in [6.45, 7) is 7.50. The molecule has 0 saturated carbocycles. The molecule has 1 aliphatic heterocycles. The number of allylic oxidation sites excluding steroid dienone is 1. The van der Waals surface area contributed by atoms with E-state index in [0.717, 1.165) is 35.7 Å². The fraction of sp³-hybridized carbons (Fsp3) is 0.250. The number of imidazole rings is 1. The maximum atomic E-state index is 13.0. The van der Waals surface area contributed by atoms with Crippen molar-refractivity contribution in [3.63, 3.8) is 0 Å². The molecule has 0 spiro atoms. The molecule has 40 heavy (non-hydrogen) atoms. The van der Waals surface area contributed by atoms with Gasteiger partial charge in [0, 0.05) is 62.6 Å². The van der Waals surface area contributed by atoms with E-state index in [1.54, 1.807) is 24.3 Å². The van der Waals surface area contributed by atoms with Crippen LogP contribution in [0.3, 0.4) is 0 Å². The Labute approximate surface area is 234 Å². The van der Waals surface area contributed by atoms with Crippen LogP contribution in [0, 0.1) is 25.2 Å². The van der Waals surface area contributed by atoms with Crippen LogP contribution in [0.5, 0.6) is 0 Å². The molecule has 1 saturated heterocycles. The maximum absolute atomic E-state index is 13.0. The number of nitrogens with zero attached hydrogens (tertiary/aromatic N) is 6. The van der Waals surface area contributed by atoms with Crippen molar-refractivity contribution in [2.45, 2.75) is 26.4 Å². The highest BCUT2D eigenvalue weighted by molar-refractivity contribution is 5.89. The van der Waals surface area contributed by atoms with Gasteiger partial charge in [-0.1, -0.05) is 24.3 Å². The van der Waals surface area contributed by atoms with Gasteiger partial charge in [-0.25, -0.2) is 9.78 Å². The van der Waals surface area contributed by atoms with Crippen LogP contribution in [-0.4, -0.2) is 56.5 Å². The van der Waals surface area contributed by atoms with Crippen molar-refractivity contribution in [1.82, 2.24) is 24.3 Å². The quantitative estimate of drug-likeness (QED) is 0.390. The summed E-state index contributed by atoms with van der Waals surface area (Å²) in [5, 5.41) is 12.0. The minimum Gasteiger partial charge on any atom is -0.331 e. The van der Waals surface area contributed by atoms with Crippen molar-refractivity contribution in [3.8, 4) is 6.07 Å². The highest BCUT2D eigenvalue weighted by Gasteiger charge is 2.33. The summed E-state index contributed by atoms with van der Waals surface area (Å²) in [6.07, 6.45) is 8.13. The van der Waals surface area contributed by atoms with Crippen LogP contribution < -0.4 is 5.32 Å². The van der Waals surface area contributed by atoms with E-state index in [1.165, 1.54) is 16.7 Å². The van der Waals surface area contributed by atoms with Crippen LogP contribution in [0.1, 0.15) is 45.4 Å². The fourth-order valence-electron chi connectivity index (χ4n) is 5.63. The van der Waals surface area contributed by atoms with Gasteiger partial charge >= 0.3 is 6.03 Å². The average molecular weight is 530 g/mol. The lowest BCUT2D eigenvalue weighted by Crippen LogP contribution is -2.51. The van der Waals surface area contributed by atoms with Crippen LogP contribution in [0.2, 0.25) is 0 Å². The number of carbonyl (C=O) groups excluding carboxylic acids is 1. The van der Waals surface area contributed by atoms with Gasteiger partial charge in [0.25, 0.3) is 0 Å². The van der Waals surface area contributed by atoms with Gasteiger partial charge in [0.05, 0.1) is 23.4 Å². The molecule has 200 valence electrons. The molecule has 1 fully saturated rings. The molecule has 8 heteroatoms. The summed E-state index contributed by atoms with van der Waals surface area (Å²) in [5.74, 6) is 0.979. The number of pyridine rings is 1. The van der Waals surface area contributed by atoms with E-state index in [9.17, 15) is 4.79 Å². The number of aryl methyl sites for hydroxylation is 2. The zero-order chi connectivity index (χ0) is 27.6. The number of aromatic nitrogens is 3. The molecule has 0 bridgehead atoms. The number of carbonyl (C=O) groups is 1. The summed E-state index contributed by atoms with van der Waals surface area (Å²) in [5.41, 5.74) is 8.22. The number of nitrogens with one attached hydrogen (secondary N) is 1. The Morgan fingerprint density at radius 3 is 2.55 bits per heavy atom. The van der Waals surface area contributed by atoms with Gasteiger partial charge in [0.15, 0.2) is 0 Å². The van der Waals surface area contributed by atoms with Gasteiger partial charge in [0.2, 0.25) is 0 Å². The number of urea groups is 1. The summed E-state index contributed by atoms with van der Waals surface area (Å²) in [7, 11) is 0. The molecule has 3 heterocycles. The molecule has 8 nitrogen and oxygen atoms in total. The van der Waals surface area contributed by atoms with Crippen LogP contribution >= 0.6 is 0 Å². The smallest absolute Gasteiger partial charge is 0.321 e. The Kier molecular flexibility index (Phi) is 6.89. The van der Waals surface area contributed by atoms with Gasteiger partial charge < -0.3 is 14.8 Å². The molecule has 1 unspecified atom stereocenters. The largest absolute Gasteiger partial charge is 0.331 e. The monoisotopic (exact) mass is 529 g/mol. The second kappa shape index (κ2) is 10.8. The second-order valence-corrected chi connectivity index (χ2v) is 10.4. The number of fused-ring (bicyclic) bond motifs is 2. The first-order chi connectivity index (χ1) is 19.5. The van der Waals surface area contributed by atoms with Crippen molar-refractivity contribution in [3.05, 3.63) is 113 Å². The van der Waals surface area contributed by atoms with Gasteiger partial charge in [-0.05, 0) is 72.5 Å². The molecule has 4 aromatic rings. The maximum Gasteiger partial charge on any atom is 0.321 e. The summed E-state index contributed by atoms with van der Waals surface area (Å²) < 4.78 is 2.17. The van der Waals surface area contributed by atoms with E-state index in [2.05, 4.69) is 69.2 Å². The molecule has 1 atom stereocenters. The van der Waals surface area contributed by atoms with Gasteiger partial charge in [0.1, 0.15) is 5.82 Å². The standard InChI is InChI=1S/C32H31N7O/c1-22-17-29-26(21-39-12-11-34-23(39)2)18-25-5-3-4-6-28(25)31(30(29)35-20-22)37-13-15-38(16-14-37)32(40)36-27-9-7-24(19-33)8-10-27/h3-12,17-18,20,31H,13-16,21H2,1-2H3,(H,36,40). The lowest BCUT2D eigenvalue weighted by Gasteiger charge is -2.39. The lowest BCUT2D eigenvalue weighted by atomic mass is 9.95. The molecule has 2 aromatic heterocycles. The Hall–Kier alpha value is -4.74. The van der Waals surface area contributed by atoms with E-state index in [1.807, 2.05) is 30.4 Å². The van der Waals surface area contributed by atoms with E-state index in [4.69, 9.17) is 10.2 Å². The van der Waals surface area contributed by atoms with Crippen molar-refractivity contribution < 1.29 is 4.79 Å². The van der Waals surface area contributed by atoms with Crippen molar-refractivity contribution in [2.75, 3.05) is 31.5 Å². The van der Waals surface area contributed by atoms with E-state index in [-0.39, 0.29) is 12.1 Å². The summed E-state index contributed by atoms with van der Waals surface area (Å²) in [4.78, 5) is 26.8. The van der Waals surface area contributed by atoms with E-state index < -0.39 is 0 Å². The first-order valence-electron chi connectivity index (χ1n) is 13.5. The zero-order valence-electron chi connectivity index (χ0n) is 22.7. The molecule has 0 radical (unpaired) electrons. The predicted octanol–water partition coefficient (Wildman–Crippen LogP) is 5.26. The minimum atomic E-state index is -0.126.